The van der Waals surface area contributed by atoms with E-state index in [0.29, 0.717) is 33.0 Å². The summed E-state index contributed by atoms with van der Waals surface area (Å²) in [7, 11) is 1.76. The molecule has 0 radical (unpaired) electrons. The van der Waals surface area contributed by atoms with Gasteiger partial charge >= 0.3 is 0 Å². The van der Waals surface area contributed by atoms with Crippen molar-refractivity contribution in [3.63, 3.8) is 0 Å². The van der Waals surface area contributed by atoms with Crippen LogP contribution in [-0.2, 0) is 12.6 Å². The topological polar surface area (TPSA) is 89.2 Å². The van der Waals surface area contributed by atoms with Crippen LogP contribution in [0.15, 0.2) is 36.5 Å². The number of aliphatic hydroxyl groups is 1. The zero-order chi connectivity index (χ0) is 24.9. The lowest BCUT2D eigenvalue weighted by molar-refractivity contribution is 0.115. The first-order valence-electron chi connectivity index (χ1n) is 11.8. The van der Waals surface area contributed by atoms with Crippen molar-refractivity contribution >= 4 is 28.3 Å². The van der Waals surface area contributed by atoms with Crippen LogP contribution < -0.4 is 9.64 Å². The molecule has 5 rings (SSSR count). The second-order valence-electron chi connectivity index (χ2n) is 9.36. The Morgan fingerprint density at radius 3 is 2.49 bits per heavy atom. The Balaban J connectivity index is 1.76. The fourth-order valence-electron chi connectivity index (χ4n) is 4.63. The van der Waals surface area contributed by atoms with E-state index in [2.05, 4.69) is 20.2 Å². The van der Waals surface area contributed by atoms with Gasteiger partial charge in [-0.25, -0.2) is 9.67 Å². The Hall–Kier alpha value is -3.23. The average Bonchev–Trinajstić information content (AvgIpc) is 3.21. The van der Waals surface area contributed by atoms with E-state index in [-0.39, 0.29) is 6.10 Å². The van der Waals surface area contributed by atoms with E-state index < -0.39 is 5.60 Å². The number of fused-ring (bicyclic) bond motifs is 1. The van der Waals surface area contributed by atoms with Crippen LogP contribution in [0.5, 0.6) is 5.75 Å². The Morgan fingerprint density at radius 1 is 1.11 bits per heavy atom. The highest BCUT2D eigenvalue weighted by Crippen LogP contribution is 2.44. The lowest BCUT2D eigenvalue weighted by Gasteiger charge is -2.34. The zero-order valence-electron chi connectivity index (χ0n) is 20.6. The molecule has 0 bridgehead atoms. The van der Waals surface area contributed by atoms with E-state index in [4.69, 9.17) is 21.3 Å². The summed E-state index contributed by atoms with van der Waals surface area (Å²) in [6.07, 6.45) is 2.63. The Labute approximate surface area is 209 Å². The molecule has 1 aliphatic rings. The molecule has 0 spiro atoms. The number of hydrogen-bond donors (Lipinski definition) is 1. The number of nitrogens with zero attached hydrogens (tertiary/aromatic N) is 6. The van der Waals surface area contributed by atoms with Crippen molar-refractivity contribution in [1.82, 2.24) is 25.0 Å². The van der Waals surface area contributed by atoms with Crippen LogP contribution in [0.25, 0.3) is 10.9 Å². The van der Waals surface area contributed by atoms with Gasteiger partial charge in [0.15, 0.2) is 17.2 Å². The molecule has 1 atom stereocenters. The third-order valence-corrected chi connectivity index (χ3v) is 6.86. The molecule has 1 fully saturated rings. The highest BCUT2D eigenvalue weighted by molar-refractivity contribution is 6.37. The number of aryl methyl sites for hydroxylation is 3. The molecule has 182 valence electrons. The van der Waals surface area contributed by atoms with Gasteiger partial charge in [0.05, 0.1) is 28.5 Å². The van der Waals surface area contributed by atoms with Crippen LogP contribution in [0.3, 0.4) is 0 Å². The molecule has 3 aromatic heterocycles. The number of anilines is 1. The van der Waals surface area contributed by atoms with Crippen LogP contribution >= 0.6 is 11.6 Å². The minimum absolute atomic E-state index is 0.0614. The van der Waals surface area contributed by atoms with E-state index in [1.165, 1.54) is 0 Å². The lowest BCUT2D eigenvalue weighted by atomic mass is 9.82. The maximum Gasteiger partial charge on any atom is 0.181 e. The maximum atomic E-state index is 12.4. The van der Waals surface area contributed by atoms with Crippen molar-refractivity contribution in [2.45, 2.75) is 45.8 Å². The summed E-state index contributed by atoms with van der Waals surface area (Å²) in [5.41, 5.74) is 2.54. The molecule has 0 amide bonds. The molecular weight excluding hydrogens is 464 g/mol. The van der Waals surface area contributed by atoms with Crippen LogP contribution in [-0.4, -0.2) is 49.3 Å². The van der Waals surface area contributed by atoms with Crippen LogP contribution in [0.4, 0.5) is 5.82 Å². The summed E-state index contributed by atoms with van der Waals surface area (Å²) in [6.45, 7) is 9.61. The quantitative estimate of drug-likeness (QED) is 0.429. The number of aromatic nitrogens is 5. The average molecular weight is 493 g/mol. The number of rotatable bonds is 6. The van der Waals surface area contributed by atoms with Gasteiger partial charge < -0.3 is 14.7 Å². The predicted octanol–water partition coefficient (Wildman–Crippen LogP) is 4.31. The summed E-state index contributed by atoms with van der Waals surface area (Å²) in [6, 6.07) is 9.44. The third kappa shape index (κ3) is 3.90. The molecule has 0 saturated carbocycles. The highest BCUT2D eigenvalue weighted by atomic mass is 35.5. The normalized spacial score (nSPS) is 15.4. The SMILES string of the molecule is Cc1ccc([C@](O)(c2ccc3nc(N4CCC4)c(OC(C)C)c(Cl)c3c2)c2cnnn2C)c(C)n1. The van der Waals surface area contributed by atoms with Gasteiger partial charge in [-0.1, -0.05) is 28.9 Å². The molecule has 9 heteroatoms. The molecule has 1 N–H and O–H groups in total. The summed E-state index contributed by atoms with van der Waals surface area (Å²) >= 11 is 6.98. The monoisotopic (exact) mass is 492 g/mol. The van der Waals surface area contributed by atoms with Crippen molar-refractivity contribution < 1.29 is 9.84 Å². The number of halogens is 1. The minimum atomic E-state index is -1.56. The van der Waals surface area contributed by atoms with E-state index in [0.717, 1.165) is 42.2 Å². The smallest absolute Gasteiger partial charge is 0.181 e. The standard InChI is InChI=1S/C26H29ClN6O2/c1-15(2)35-24-23(27)19-13-18(8-10-21(19)30-25(24)33-11-6-12-33)26(34,22-14-28-31-32(22)5)20-9-7-16(3)29-17(20)4/h7-10,13-15,34H,6,11-12H2,1-5H3/t26-/m1/s1. The fraction of sp³-hybridized carbons (Fsp3) is 0.385. The number of pyridine rings is 2. The first-order chi connectivity index (χ1) is 16.7. The van der Waals surface area contributed by atoms with Crippen molar-refractivity contribution in [3.8, 4) is 5.75 Å². The van der Waals surface area contributed by atoms with Gasteiger partial charge in [-0.2, -0.15) is 0 Å². The lowest BCUT2D eigenvalue weighted by Crippen LogP contribution is -2.38. The Kier molecular flexibility index (Phi) is 5.89. The molecule has 0 aliphatic carbocycles. The van der Waals surface area contributed by atoms with Crippen LogP contribution in [0.1, 0.15) is 48.5 Å². The van der Waals surface area contributed by atoms with Gasteiger partial charge in [0.1, 0.15) is 0 Å². The molecular formula is C26H29ClN6O2. The maximum absolute atomic E-state index is 12.4. The van der Waals surface area contributed by atoms with Gasteiger partial charge in [0.2, 0.25) is 0 Å². The number of hydrogen-bond acceptors (Lipinski definition) is 7. The second kappa shape index (κ2) is 8.77. The van der Waals surface area contributed by atoms with Gasteiger partial charge in [-0.05, 0) is 57.9 Å². The molecule has 4 aromatic rings. The van der Waals surface area contributed by atoms with Gasteiger partial charge in [0, 0.05) is 42.5 Å². The number of ether oxygens (including phenoxy) is 1. The van der Waals surface area contributed by atoms with E-state index in [1.807, 2.05) is 58.0 Å². The van der Waals surface area contributed by atoms with Gasteiger partial charge in [-0.3, -0.25) is 4.98 Å². The molecule has 35 heavy (non-hydrogen) atoms. The second-order valence-corrected chi connectivity index (χ2v) is 9.73. The van der Waals surface area contributed by atoms with Crippen molar-refractivity contribution in [1.29, 1.82) is 0 Å². The summed E-state index contributed by atoms with van der Waals surface area (Å²) in [5, 5.41) is 21.7. The first kappa shape index (κ1) is 23.5. The molecule has 0 unspecified atom stereocenters. The molecule has 1 aromatic carbocycles. The zero-order valence-corrected chi connectivity index (χ0v) is 21.3. The van der Waals surface area contributed by atoms with E-state index in [1.54, 1.807) is 17.9 Å². The summed E-state index contributed by atoms with van der Waals surface area (Å²) in [5.74, 6) is 1.34. The molecule has 4 heterocycles. The van der Waals surface area contributed by atoms with Gasteiger partial charge in [0.25, 0.3) is 0 Å². The third-order valence-electron chi connectivity index (χ3n) is 6.49. The van der Waals surface area contributed by atoms with E-state index in [9.17, 15) is 5.11 Å². The predicted molar refractivity (Wildman–Crippen MR) is 136 cm³/mol. The Morgan fingerprint density at radius 2 is 1.89 bits per heavy atom. The molecule has 1 saturated heterocycles. The Bertz CT molecular complexity index is 1410. The summed E-state index contributed by atoms with van der Waals surface area (Å²) in [4.78, 5) is 11.7. The first-order valence-corrected chi connectivity index (χ1v) is 12.2. The van der Waals surface area contributed by atoms with Crippen molar-refractivity contribution in [2.24, 2.45) is 7.05 Å². The fourth-order valence-corrected chi connectivity index (χ4v) is 4.91. The van der Waals surface area contributed by atoms with Crippen LogP contribution in [0.2, 0.25) is 5.02 Å². The van der Waals surface area contributed by atoms with Crippen LogP contribution in [0, 0.1) is 13.8 Å². The number of benzene rings is 1. The van der Waals surface area contributed by atoms with Gasteiger partial charge in [-0.15, -0.1) is 5.10 Å². The largest absolute Gasteiger partial charge is 0.486 e. The minimum Gasteiger partial charge on any atom is -0.486 e. The van der Waals surface area contributed by atoms with Crippen molar-refractivity contribution in [3.05, 3.63) is 69.8 Å². The highest BCUT2D eigenvalue weighted by Gasteiger charge is 2.39. The molecule has 1 aliphatic heterocycles. The van der Waals surface area contributed by atoms with E-state index >= 15 is 0 Å². The summed E-state index contributed by atoms with van der Waals surface area (Å²) < 4.78 is 7.72. The van der Waals surface area contributed by atoms with Crippen molar-refractivity contribution in [2.75, 3.05) is 18.0 Å². The molecule has 8 nitrogen and oxygen atoms in total.